The highest BCUT2D eigenvalue weighted by Gasteiger charge is 2.46. The maximum atomic E-state index is 2.31. The fourth-order valence-electron chi connectivity index (χ4n) is 4.76. The van der Waals surface area contributed by atoms with Gasteiger partial charge in [-0.1, -0.05) is 109 Å². The number of fused-ring (bicyclic) bond motifs is 2. The first-order chi connectivity index (χ1) is 13.3. The first-order valence-corrected chi connectivity index (χ1v) is 9.61. The quantitative estimate of drug-likeness (QED) is 0.489. The van der Waals surface area contributed by atoms with E-state index in [1.165, 1.54) is 39.0 Å². The minimum absolute atomic E-state index is 0.236. The lowest BCUT2D eigenvalue weighted by atomic mass is 9.66. The molecule has 0 spiro atoms. The zero-order chi connectivity index (χ0) is 18.3. The molecule has 0 saturated heterocycles. The number of benzene rings is 3. The average molecular weight is 346 g/mol. The fourth-order valence-corrected chi connectivity index (χ4v) is 4.76. The van der Waals surface area contributed by atoms with Gasteiger partial charge in [0.25, 0.3) is 0 Å². The van der Waals surface area contributed by atoms with Crippen LogP contribution in [0.4, 0.5) is 0 Å². The first-order valence-electron chi connectivity index (χ1n) is 9.61. The smallest absolute Gasteiger partial charge is 0.0679 e. The van der Waals surface area contributed by atoms with Crippen molar-refractivity contribution in [2.45, 2.75) is 18.8 Å². The SMILES string of the molecule is Cc1ccc(C2(c3ccccc3)C3=C(C=CC=CC3)c3ccccc32)cc1. The van der Waals surface area contributed by atoms with Crippen LogP contribution in [-0.4, -0.2) is 0 Å². The van der Waals surface area contributed by atoms with Gasteiger partial charge in [-0.05, 0) is 46.7 Å². The molecule has 3 aromatic carbocycles. The number of hydrogen-bond donors (Lipinski definition) is 0. The highest BCUT2D eigenvalue weighted by atomic mass is 14.5. The Hall–Kier alpha value is -3.12. The van der Waals surface area contributed by atoms with Gasteiger partial charge in [0.05, 0.1) is 5.41 Å². The van der Waals surface area contributed by atoms with Crippen molar-refractivity contribution in [1.82, 2.24) is 0 Å². The summed E-state index contributed by atoms with van der Waals surface area (Å²) in [6.07, 6.45) is 9.88. The molecule has 3 aromatic rings. The van der Waals surface area contributed by atoms with Crippen molar-refractivity contribution in [3.05, 3.63) is 137 Å². The third-order valence-corrected chi connectivity index (χ3v) is 5.92. The molecule has 0 saturated carbocycles. The van der Waals surface area contributed by atoms with Crippen molar-refractivity contribution in [2.24, 2.45) is 0 Å². The van der Waals surface area contributed by atoms with Crippen LogP contribution in [0.25, 0.3) is 5.57 Å². The van der Waals surface area contributed by atoms with Gasteiger partial charge < -0.3 is 0 Å². The van der Waals surface area contributed by atoms with E-state index < -0.39 is 0 Å². The van der Waals surface area contributed by atoms with Gasteiger partial charge in [0.2, 0.25) is 0 Å². The van der Waals surface area contributed by atoms with Crippen LogP contribution in [0, 0.1) is 6.92 Å². The fraction of sp³-hybridized carbons (Fsp3) is 0.111. The summed E-state index contributed by atoms with van der Waals surface area (Å²) >= 11 is 0. The standard InChI is InChI=1S/C27H22/c1-20-16-18-22(19-17-20)27(21-10-4-2-5-11-21)25-14-7-3-6-12-23(25)24-13-8-9-15-26(24)27/h2-13,15-19H,14H2,1H3. The molecule has 1 unspecified atom stereocenters. The van der Waals surface area contributed by atoms with E-state index in [1.807, 2.05) is 0 Å². The number of allylic oxidation sites excluding steroid dienone is 6. The van der Waals surface area contributed by atoms with Crippen molar-refractivity contribution >= 4 is 5.57 Å². The Morgan fingerprint density at radius 2 is 1.41 bits per heavy atom. The Bertz CT molecular complexity index is 1080. The van der Waals surface area contributed by atoms with Crippen LogP contribution < -0.4 is 0 Å². The number of rotatable bonds is 2. The normalized spacial score (nSPS) is 20.3. The van der Waals surface area contributed by atoms with Gasteiger partial charge in [0, 0.05) is 0 Å². The second-order valence-electron chi connectivity index (χ2n) is 7.41. The molecule has 0 heteroatoms. The molecule has 0 radical (unpaired) electrons. The van der Waals surface area contributed by atoms with Crippen LogP contribution in [0.2, 0.25) is 0 Å². The highest BCUT2D eigenvalue weighted by Crippen LogP contribution is 2.56. The summed E-state index contributed by atoms with van der Waals surface area (Å²) in [7, 11) is 0. The van der Waals surface area contributed by atoms with E-state index in [9.17, 15) is 0 Å². The van der Waals surface area contributed by atoms with Crippen LogP contribution >= 0.6 is 0 Å². The molecule has 2 aliphatic rings. The van der Waals surface area contributed by atoms with Crippen molar-refractivity contribution in [3.63, 3.8) is 0 Å². The molecule has 0 amide bonds. The summed E-state index contributed by atoms with van der Waals surface area (Å²) in [5.41, 5.74) is 9.35. The van der Waals surface area contributed by atoms with Crippen molar-refractivity contribution in [1.29, 1.82) is 0 Å². The highest BCUT2D eigenvalue weighted by molar-refractivity contribution is 5.90. The third kappa shape index (κ3) is 2.30. The summed E-state index contributed by atoms with van der Waals surface area (Å²) in [5.74, 6) is 0. The lowest BCUT2D eigenvalue weighted by molar-refractivity contribution is 0.725. The zero-order valence-corrected chi connectivity index (χ0v) is 15.5. The monoisotopic (exact) mass is 346 g/mol. The van der Waals surface area contributed by atoms with E-state index in [-0.39, 0.29) is 5.41 Å². The molecule has 130 valence electrons. The second kappa shape index (κ2) is 6.25. The van der Waals surface area contributed by atoms with E-state index in [2.05, 4.69) is 110 Å². The number of hydrogen-bond acceptors (Lipinski definition) is 0. The molecule has 1 atom stereocenters. The van der Waals surface area contributed by atoms with E-state index in [0.29, 0.717) is 0 Å². The summed E-state index contributed by atoms with van der Waals surface area (Å²) in [4.78, 5) is 0. The second-order valence-corrected chi connectivity index (χ2v) is 7.41. The average Bonchev–Trinajstić information content (AvgIpc) is 2.85. The van der Waals surface area contributed by atoms with Crippen molar-refractivity contribution in [2.75, 3.05) is 0 Å². The Morgan fingerprint density at radius 1 is 0.704 bits per heavy atom. The molecule has 0 fully saturated rings. The molecule has 2 aliphatic carbocycles. The predicted molar refractivity (Wildman–Crippen MR) is 114 cm³/mol. The Labute approximate surface area is 161 Å². The Balaban J connectivity index is 1.93. The molecule has 0 N–H and O–H groups in total. The third-order valence-electron chi connectivity index (χ3n) is 5.92. The van der Waals surface area contributed by atoms with Gasteiger partial charge in [-0.3, -0.25) is 0 Å². The lowest BCUT2D eigenvalue weighted by Gasteiger charge is -2.35. The molecule has 0 aromatic heterocycles. The minimum atomic E-state index is -0.236. The van der Waals surface area contributed by atoms with Crippen LogP contribution in [-0.2, 0) is 5.41 Å². The largest absolute Gasteiger partial charge is 0.0804 e. The first kappa shape index (κ1) is 16.1. The topological polar surface area (TPSA) is 0 Å². The Morgan fingerprint density at radius 3 is 2.22 bits per heavy atom. The molecule has 0 aliphatic heterocycles. The maximum absolute atomic E-state index is 2.31. The van der Waals surface area contributed by atoms with Crippen LogP contribution in [0.5, 0.6) is 0 Å². The van der Waals surface area contributed by atoms with Gasteiger partial charge in [0.1, 0.15) is 0 Å². The molecule has 27 heavy (non-hydrogen) atoms. The van der Waals surface area contributed by atoms with E-state index in [0.717, 1.165) is 6.42 Å². The Kier molecular flexibility index (Phi) is 3.72. The molecule has 0 nitrogen and oxygen atoms in total. The van der Waals surface area contributed by atoms with Gasteiger partial charge in [-0.25, -0.2) is 0 Å². The number of aryl methyl sites for hydroxylation is 1. The maximum Gasteiger partial charge on any atom is 0.0679 e. The molecule has 5 rings (SSSR count). The molecular weight excluding hydrogens is 324 g/mol. The summed E-state index contributed by atoms with van der Waals surface area (Å²) in [6, 6.07) is 29.0. The molecular formula is C27H22. The van der Waals surface area contributed by atoms with Gasteiger partial charge in [0.15, 0.2) is 0 Å². The summed E-state index contributed by atoms with van der Waals surface area (Å²) in [6.45, 7) is 2.16. The molecule has 0 bridgehead atoms. The van der Waals surface area contributed by atoms with E-state index >= 15 is 0 Å². The van der Waals surface area contributed by atoms with Crippen molar-refractivity contribution in [3.8, 4) is 0 Å². The van der Waals surface area contributed by atoms with Gasteiger partial charge in [-0.2, -0.15) is 0 Å². The minimum Gasteiger partial charge on any atom is -0.0804 e. The van der Waals surface area contributed by atoms with Gasteiger partial charge >= 0.3 is 0 Å². The summed E-state index contributed by atoms with van der Waals surface area (Å²) < 4.78 is 0. The van der Waals surface area contributed by atoms with Crippen LogP contribution in [0.3, 0.4) is 0 Å². The van der Waals surface area contributed by atoms with Crippen LogP contribution in [0.15, 0.2) is 109 Å². The van der Waals surface area contributed by atoms with Crippen LogP contribution in [0.1, 0.15) is 34.2 Å². The zero-order valence-electron chi connectivity index (χ0n) is 15.5. The van der Waals surface area contributed by atoms with E-state index in [4.69, 9.17) is 0 Å². The lowest BCUT2D eigenvalue weighted by Crippen LogP contribution is -2.29. The molecule has 0 heterocycles. The summed E-state index contributed by atoms with van der Waals surface area (Å²) in [5, 5.41) is 0. The van der Waals surface area contributed by atoms with E-state index in [1.54, 1.807) is 0 Å². The van der Waals surface area contributed by atoms with Gasteiger partial charge in [-0.15, -0.1) is 0 Å². The predicted octanol–water partition coefficient (Wildman–Crippen LogP) is 6.61. The van der Waals surface area contributed by atoms with Crippen molar-refractivity contribution < 1.29 is 0 Å².